The zero-order chi connectivity index (χ0) is 28.6. The number of aliphatic carboxylic acids is 1. The topological polar surface area (TPSA) is 189 Å². The number of benzene rings is 1. The molecular formula is C24H33BN4O9. The van der Waals surface area contributed by atoms with Crippen LogP contribution in [0.4, 0.5) is 9.59 Å². The Morgan fingerprint density at radius 2 is 1.66 bits per heavy atom. The van der Waals surface area contributed by atoms with Gasteiger partial charge in [-0.2, -0.15) is 0 Å². The van der Waals surface area contributed by atoms with Gasteiger partial charge in [-0.3, -0.25) is 4.79 Å². The molecule has 5 N–H and O–H groups in total. The van der Waals surface area contributed by atoms with Crippen molar-refractivity contribution < 1.29 is 43.8 Å². The molecule has 2 rings (SSSR count). The van der Waals surface area contributed by atoms with Crippen molar-refractivity contribution in [3.8, 4) is 0 Å². The number of aromatic nitrogens is 2. The van der Waals surface area contributed by atoms with Crippen LogP contribution >= 0.6 is 0 Å². The van der Waals surface area contributed by atoms with E-state index in [-0.39, 0.29) is 30.1 Å². The van der Waals surface area contributed by atoms with Crippen LogP contribution in [-0.4, -0.2) is 79.7 Å². The second-order valence-corrected chi connectivity index (χ2v) is 9.83. The zero-order valence-electron chi connectivity index (χ0n) is 21.9. The maximum Gasteiger partial charge on any atom is 0.488 e. The van der Waals surface area contributed by atoms with Gasteiger partial charge in [-0.1, -0.05) is 24.3 Å². The molecule has 2 atom stereocenters. The van der Waals surface area contributed by atoms with Gasteiger partial charge in [0.2, 0.25) is 5.91 Å². The summed E-state index contributed by atoms with van der Waals surface area (Å²) in [5, 5.41) is 33.0. The van der Waals surface area contributed by atoms with Crippen LogP contribution in [0.5, 0.6) is 0 Å². The highest BCUT2D eigenvalue weighted by atomic mass is 16.6. The molecule has 1 heterocycles. The van der Waals surface area contributed by atoms with E-state index < -0.39 is 48.9 Å². The van der Waals surface area contributed by atoms with Crippen molar-refractivity contribution in [3.63, 3.8) is 0 Å². The molecular weight excluding hydrogens is 499 g/mol. The van der Waals surface area contributed by atoms with Gasteiger partial charge in [0, 0.05) is 19.0 Å². The molecule has 0 aliphatic carbocycles. The lowest BCUT2D eigenvalue weighted by molar-refractivity contribution is -0.142. The average molecular weight is 532 g/mol. The van der Waals surface area contributed by atoms with E-state index in [0.717, 1.165) is 4.57 Å². The number of alkyl carbamates (subject to hydrolysis) is 1. The Balaban J connectivity index is 2.21. The highest BCUT2D eigenvalue weighted by Crippen LogP contribution is 2.10. The number of nitrogens with one attached hydrogen (secondary N) is 2. The first-order valence-corrected chi connectivity index (χ1v) is 11.9. The largest absolute Gasteiger partial charge is 0.488 e. The van der Waals surface area contributed by atoms with E-state index >= 15 is 0 Å². The Bertz CT molecular complexity index is 1130. The third kappa shape index (κ3) is 9.86. The van der Waals surface area contributed by atoms with Gasteiger partial charge >= 0.3 is 25.3 Å². The molecule has 0 saturated heterocycles. The molecule has 1 aromatic heterocycles. The summed E-state index contributed by atoms with van der Waals surface area (Å²) in [7, 11) is -1.67. The second kappa shape index (κ2) is 13.1. The first kappa shape index (κ1) is 30.3. The van der Waals surface area contributed by atoms with Gasteiger partial charge in [0.05, 0.1) is 11.8 Å². The summed E-state index contributed by atoms with van der Waals surface area (Å²) in [6.07, 6.45) is 0.314. The SMILES string of the molecule is CC(C)OC(=O)n1cnc(C[C@H](NC(=O)OC(C)(C)C)C(=O)N[C@@H](Cc2ccc(B(O)O)cc2)C(=O)O)c1. The smallest absolute Gasteiger partial charge is 0.480 e. The van der Waals surface area contributed by atoms with Crippen molar-refractivity contribution in [3.05, 3.63) is 48.0 Å². The quantitative estimate of drug-likeness (QED) is 0.265. The number of carbonyl (C=O) groups is 4. The molecule has 0 fully saturated rings. The average Bonchev–Trinajstić information content (AvgIpc) is 3.25. The van der Waals surface area contributed by atoms with Crippen LogP contribution in [0.1, 0.15) is 45.9 Å². The summed E-state index contributed by atoms with van der Waals surface area (Å²) in [6, 6.07) is 3.21. The fourth-order valence-corrected chi connectivity index (χ4v) is 3.23. The maximum absolute atomic E-state index is 13.1. The lowest BCUT2D eigenvalue weighted by atomic mass is 9.80. The molecule has 0 spiro atoms. The third-order valence-electron chi connectivity index (χ3n) is 4.94. The first-order valence-electron chi connectivity index (χ1n) is 11.9. The summed E-state index contributed by atoms with van der Waals surface area (Å²) in [4.78, 5) is 53.7. The number of imidazole rings is 1. The minimum atomic E-state index is -1.67. The molecule has 0 aliphatic heterocycles. The number of ether oxygens (including phenoxy) is 2. The van der Waals surface area contributed by atoms with Crippen LogP contribution in [0.2, 0.25) is 0 Å². The van der Waals surface area contributed by atoms with Crippen molar-refractivity contribution in [2.24, 2.45) is 0 Å². The lowest BCUT2D eigenvalue weighted by Crippen LogP contribution is -2.53. The van der Waals surface area contributed by atoms with Crippen molar-refractivity contribution >= 4 is 36.6 Å². The molecule has 0 bridgehead atoms. The number of carboxylic acid groups (broad SMARTS) is 1. The number of carboxylic acids is 1. The Morgan fingerprint density at radius 3 is 2.18 bits per heavy atom. The van der Waals surface area contributed by atoms with Crippen molar-refractivity contribution in [2.75, 3.05) is 0 Å². The van der Waals surface area contributed by atoms with E-state index in [1.807, 2.05) is 0 Å². The minimum absolute atomic E-state index is 0.113. The van der Waals surface area contributed by atoms with Gasteiger partial charge in [-0.15, -0.1) is 0 Å². The van der Waals surface area contributed by atoms with Crippen LogP contribution in [0, 0.1) is 0 Å². The highest BCUT2D eigenvalue weighted by Gasteiger charge is 2.29. The third-order valence-corrected chi connectivity index (χ3v) is 4.94. The number of nitrogens with zero attached hydrogens (tertiary/aromatic N) is 2. The van der Waals surface area contributed by atoms with Crippen molar-refractivity contribution in [1.29, 1.82) is 0 Å². The molecule has 0 aliphatic rings. The number of rotatable bonds is 10. The molecule has 0 saturated carbocycles. The summed E-state index contributed by atoms with van der Waals surface area (Å²) < 4.78 is 11.4. The highest BCUT2D eigenvalue weighted by molar-refractivity contribution is 6.58. The van der Waals surface area contributed by atoms with Crippen LogP contribution < -0.4 is 16.1 Å². The molecule has 1 aromatic carbocycles. The summed E-state index contributed by atoms with van der Waals surface area (Å²) >= 11 is 0. The minimum Gasteiger partial charge on any atom is -0.480 e. The predicted molar refractivity (Wildman–Crippen MR) is 136 cm³/mol. The van der Waals surface area contributed by atoms with E-state index in [1.54, 1.807) is 34.6 Å². The number of amides is 2. The zero-order valence-corrected chi connectivity index (χ0v) is 21.9. The predicted octanol–water partition coefficient (Wildman–Crippen LogP) is 0.204. The van der Waals surface area contributed by atoms with Crippen LogP contribution in [-0.2, 0) is 31.9 Å². The molecule has 13 nitrogen and oxygen atoms in total. The molecule has 14 heteroatoms. The van der Waals surface area contributed by atoms with Gasteiger partial charge in [0.25, 0.3) is 0 Å². The number of hydrogen-bond donors (Lipinski definition) is 5. The Kier molecular flexibility index (Phi) is 10.4. The fraction of sp³-hybridized carbons (Fsp3) is 0.458. The Hall–Kier alpha value is -3.91. The lowest BCUT2D eigenvalue weighted by Gasteiger charge is -2.24. The van der Waals surface area contributed by atoms with Crippen LogP contribution in [0.3, 0.4) is 0 Å². The van der Waals surface area contributed by atoms with Crippen LogP contribution in [0.25, 0.3) is 0 Å². The van der Waals surface area contributed by atoms with Gasteiger partial charge in [0.1, 0.15) is 24.0 Å². The van der Waals surface area contributed by atoms with Crippen LogP contribution in [0.15, 0.2) is 36.8 Å². The van der Waals surface area contributed by atoms with Gasteiger partial charge in [0.15, 0.2) is 0 Å². The molecule has 0 unspecified atom stereocenters. The Labute approximate surface area is 220 Å². The first-order chi connectivity index (χ1) is 17.6. The molecule has 0 radical (unpaired) electrons. The molecule has 38 heavy (non-hydrogen) atoms. The van der Waals surface area contributed by atoms with E-state index in [9.17, 15) is 34.3 Å². The summed E-state index contributed by atoms with van der Waals surface area (Å²) in [5.74, 6) is -2.13. The summed E-state index contributed by atoms with van der Waals surface area (Å²) in [5.41, 5.74) is 0.140. The maximum atomic E-state index is 13.1. The van der Waals surface area contributed by atoms with Crippen molar-refractivity contribution in [2.45, 2.75) is 71.2 Å². The van der Waals surface area contributed by atoms with Gasteiger partial charge in [-0.25, -0.2) is 23.9 Å². The second-order valence-electron chi connectivity index (χ2n) is 9.83. The number of hydrogen-bond acceptors (Lipinski definition) is 9. The van der Waals surface area contributed by atoms with Gasteiger partial charge < -0.3 is 35.3 Å². The normalized spacial score (nSPS) is 12.8. The van der Waals surface area contributed by atoms with E-state index in [0.29, 0.717) is 5.56 Å². The summed E-state index contributed by atoms with van der Waals surface area (Å²) in [6.45, 7) is 8.30. The fourth-order valence-electron chi connectivity index (χ4n) is 3.23. The monoisotopic (exact) mass is 532 g/mol. The molecule has 2 amide bonds. The van der Waals surface area contributed by atoms with E-state index in [2.05, 4.69) is 15.6 Å². The van der Waals surface area contributed by atoms with Crippen molar-refractivity contribution in [1.82, 2.24) is 20.2 Å². The standard InChI is InChI=1S/C24H33BN4O9/c1-14(2)37-23(34)29-12-17(26-13-29)11-18(28-22(33)38-24(3,4)5)20(30)27-19(21(31)32)10-15-6-8-16(9-7-15)25(35)36/h6-9,12-14,18-19,35-36H,10-11H2,1-5H3,(H,27,30)(H,28,33)(H,31,32)/t18-,19-/m0/s1. The Morgan fingerprint density at radius 1 is 1.03 bits per heavy atom. The molecule has 2 aromatic rings. The van der Waals surface area contributed by atoms with E-state index in [1.165, 1.54) is 36.8 Å². The number of carbonyl (C=O) groups excluding carboxylic acids is 3. The molecule has 206 valence electrons. The van der Waals surface area contributed by atoms with Gasteiger partial charge in [-0.05, 0) is 45.6 Å². The van der Waals surface area contributed by atoms with E-state index in [4.69, 9.17) is 9.47 Å².